The topological polar surface area (TPSA) is 15.3 Å². The van der Waals surface area contributed by atoms with Crippen LogP contribution in [-0.4, -0.2) is 32.1 Å². The van der Waals surface area contributed by atoms with Crippen molar-refractivity contribution in [1.29, 1.82) is 0 Å². The summed E-state index contributed by atoms with van der Waals surface area (Å²) < 4.78 is 0. The molecule has 1 N–H and O–H groups in total. The molecule has 2 nitrogen and oxygen atoms in total. The molecule has 0 aliphatic heterocycles. The molecule has 0 saturated carbocycles. The minimum Gasteiger partial charge on any atom is -0.313 e. The van der Waals surface area contributed by atoms with Crippen molar-refractivity contribution in [3.8, 4) is 0 Å². The lowest BCUT2D eigenvalue weighted by molar-refractivity contribution is 0.391. The Kier molecular flexibility index (Phi) is 6.99. The van der Waals surface area contributed by atoms with Crippen molar-refractivity contribution in [2.75, 3.05) is 27.2 Å². The summed E-state index contributed by atoms with van der Waals surface area (Å²) in [5, 5.41) is 3.51. The van der Waals surface area contributed by atoms with Gasteiger partial charge in [0.05, 0.1) is 0 Å². The van der Waals surface area contributed by atoms with Gasteiger partial charge in [0.2, 0.25) is 0 Å². The Morgan fingerprint density at radius 3 is 2.28 bits per heavy atom. The molecule has 1 aromatic rings. The summed E-state index contributed by atoms with van der Waals surface area (Å²) >= 11 is 0. The second kappa shape index (κ2) is 8.28. The highest BCUT2D eigenvalue weighted by atomic mass is 15.0. The van der Waals surface area contributed by atoms with Gasteiger partial charge in [-0.1, -0.05) is 38.1 Å². The van der Waals surface area contributed by atoms with Gasteiger partial charge >= 0.3 is 0 Å². The van der Waals surface area contributed by atoms with Crippen LogP contribution in [0.3, 0.4) is 0 Å². The molecule has 2 heteroatoms. The van der Waals surface area contributed by atoms with E-state index in [1.807, 2.05) is 0 Å². The molecule has 0 atom stereocenters. The van der Waals surface area contributed by atoms with Gasteiger partial charge in [-0.3, -0.25) is 0 Å². The van der Waals surface area contributed by atoms with Crippen LogP contribution in [0.25, 0.3) is 0 Å². The molecule has 0 saturated heterocycles. The largest absolute Gasteiger partial charge is 0.313 e. The number of unbranched alkanes of at least 4 members (excludes halogenated alkanes) is 1. The SMILES string of the molecule is CC(C)c1ccc(CNCCCCN(C)C)cc1. The number of rotatable bonds is 8. The number of nitrogens with one attached hydrogen (secondary N) is 1. The lowest BCUT2D eigenvalue weighted by Crippen LogP contribution is -2.18. The van der Waals surface area contributed by atoms with E-state index in [1.54, 1.807) is 0 Å². The minimum atomic E-state index is 0.623. The van der Waals surface area contributed by atoms with Crippen molar-refractivity contribution in [3.05, 3.63) is 35.4 Å². The fraction of sp³-hybridized carbons (Fsp3) is 0.625. The Morgan fingerprint density at radius 2 is 1.72 bits per heavy atom. The second-order valence-electron chi connectivity index (χ2n) is 5.58. The summed E-state index contributed by atoms with van der Waals surface area (Å²) in [6.45, 7) is 7.75. The third-order valence-electron chi connectivity index (χ3n) is 3.18. The van der Waals surface area contributed by atoms with E-state index < -0.39 is 0 Å². The van der Waals surface area contributed by atoms with Crippen LogP contribution in [0.5, 0.6) is 0 Å². The molecule has 0 aliphatic carbocycles. The summed E-state index contributed by atoms with van der Waals surface area (Å²) in [6, 6.07) is 8.96. The molecule has 0 unspecified atom stereocenters. The number of benzene rings is 1. The molecule has 0 spiro atoms. The Labute approximate surface area is 112 Å². The third-order valence-corrected chi connectivity index (χ3v) is 3.18. The highest BCUT2D eigenvalue weighted by molar-refractivity contribution is 5.24. The molecule has 102 valence electrons. The summed E-state index contributed by atoms with van der Waals surface area (Å²) in [4.78, 5) is 2.24. The molecule has 1 rings (SSSR count). The zero-order chi connectivity index (χ0) is 13.4. The molecule has 0 fully saturated rings. The maximum absolute atomic E-state index is 3.51. The Bertz CT molecular complexity index is 314. The van der Waals surface area contributed by atoms with Crippen molar-refractivity contribution < 1.29 is 0 Å². The van der Waals surface area contributed by atoms with Gasteiger partial charge in [0, 0.05) is 6.54 Å². The first-order valence-electron chi connectivity index (χ1n) is 7.04. The van der Waals surface area contributed by atoms with E-state index in [9.17, 15) is 0 Å². The van der Waals surface area contributed by atoms with Crippen LogP contribution in [0, 0.1) is 0 Å². The molecular formula is C16H28N2. The first-order chi connectivity index (χ1) is 8.59. The Morgan fingerprint density at radius 1 is 1.06 bits per heavy atom. The van der Waals surface area contributed by atoms with E-state index in [4.69, 9.17) is 0 Å². The van der Waals surface area contributed by atoms with Gasteiger partial charge in [-0.05, 0) is 57.1 Å². The zero-order valence-corrected chi connectivity index (χ0v) is 12.4. The summed E-state index contributed by atoms with van der Waals surface area (Å²) in [7, 11) is 4.26. The quantitative estimate of drug-likeness (QED) is 0.711. The summed E-state index contributed by atoms with van der Waals surface area (Å²) in [5.74, 6) is 0.623. The number of hydrogen-bond acceptors (Lipinski definition) is 2. The van der Waals surface area contributed by atoms with Crippen LogP contribution >= 0.6 is 0 Å². The van der Waals surface area contributed by atoms with Crippen molar-refractivity contribution in [1.82, 2.24) is 10.2 Å². The van der Waals surface area contributed by atoms with Crippen LogP contribution in [-0.2, 0) is 6.54 Å². The van der Waals surface area contributed by atoms with Crippen LogP contribution in [0.1, 0.15) is 43.7 Å². The molecular weight excluding hydrogens is 220 g/mol. The standard InChI is InChI=1S/C16H28N2/c1-14(2)16-9-7-15(8-10-16)13-17-11-5-6-12-18(3)4/h7-10,14,17H,5-6,11-13H2,1-4H3. The van der Waals surface area contributed by atoms with Gasteiger partial charge in [0.25, 0.3) is 0 Å². The van der Waals surface area contributed by atoms with E-state index >= 15 is 0 Å². The Hall–Kier alpha value is -0.860. The van der Waals surface area contributed by atoms with Gasteiger partial charge in [-0.25, -0.2) is 0 Å². The highest BCUT2D eigenvalue weighted by Gasteiger charge is 1.98. The minimum absolute atomic E-state index is 0.623. The molecule has 0 bridgehead atoms. The molecule has 1 aromatic carbocycles. The van der Waals surface area contributed by atoms with Gasteiger partial charge in [0.1, 0.15) is 0 Å². The lowest BCUT2D eigenvalue weighted by Gasteiger charge is -2.10. The maximum Gasteiger partial charge on any atom is 0.0205 e. The van der Waals surface area contributed by atoms with E-state index in [-0.39, 0.29) is 0 Å². The molecule has 0 aliphatic rings. The predicted octanol–water partition coefficient (Wildman–Crippen LogP) is 3.24. The molecule has 0 amide bonds. The van der Waals surface area contributed by atoms with E-state index in [1.165, 1.54) is 30.5 Å². The fourth-order valence-corrected chi connectivity index (χ4v) is 1.93. The zero-order valence-electron chi connectivity index (χ0n) is 12.4. The van der Waals surface area contributed by atoms with Gasteiger partial charge < -0.3 is 10.2 Å². The highest BCUT2D eigenvalue weighted by Crippen LogP contribution is 2.14. The normalized spacial score (nSPS) is 11.4. The third kappa shape index (κ3) is 6.18. The van der Waals surface area contributed by atoms with Crippen molar-refractivity contribution in [2.45, 2.75) is 39.2 Å². The van der Waals surface area contributed by atoms with Gasteiger partial charge in [-0.15, -0.1) is 0 Å². The fourth-order valence-electron chi connectivity index (χ4n) is 1.93. The van der Waals surface area contributed by atoms with E-state index in [0.717, 1.165) is 13.1 Å². The molecule has 0 radical (unpaired) electrons. The summed E-state index contributed by atoms with van der Waals surface area (Å²) in [6.07, 6.45) is 2.52. The number of hydrogen-bond donors (Lipinski definition) is 1. The first kappa shape index (κ1) is 15.2. The van der Waals surface area contributed by atoms with E-state index in [0.29, 0.717) is 5.92 Å². The molecule has 18 heavy (non-hydrogen) atoms. The van der Waals surface area contributed by atoms with Gasteiger partial charge in [0.15, 0.2) is 0 Å². The Balaban J connectivity index is 2.15. The average Bonchev–Trinajstić information content (AvgIpc) is 2.34. The second-order valence-corrected chi connectivity index (χ2v) is 5.58. The van der Waals surface area contributed by atoms with Gasteiger partial charge in [-0.2, -0.15) is 0 Å². The van der Waals surface area contributed by atoms with Crippen LogP contribution < -0.4 is 5.32 Å². The molecule has 0 aromatic heterocycles. The molecule has 0 heterocycles. The number of nitrogens with zero attached hydrogens (tertiary/aromatic N) is 1. The van der Waals surface area contributed by atoms with Crippen molar-refractivity contribution >= 4 is 0 Å². The monoisotopic (exact) mass is 248 g/mol. The van der Waals surface area contributed by atoms with Crippen molar-refractivity contribution in [3.63, 3.8) is 0 Å². The summed E-state index contributed by atoms with van der Waals surface area (Å²) in [5.41, 5.74) is 2.80. The van der Waals surface area contributed by atoms with Crippen molar-refractivity contribution in [2.24, 2.45) is 0 Å². The smallest absolute Gasteiger partial charge is 0.0205 e. The van der Waals surface area contributed by atoms with Crippen LogP contribution in [0.15, 0.2) is 24.3 Å². The van der Waals surface area contributed by atoms with E-state index in [2.05, 4.69) is 62.4 Å². The van der Waals surface area contributed by atoms with Crippen LogP contribution in [0.2, 0.25) is 0 Å². The first-order valence-corrected chi connectivity index (χ1v) is 7.04. The predicted molar refractivity (Wildman–Crippen MR) is 80.0 cm³/mol. The maximum atomic E-state index is 3.51. The average molecular weight is 248 g/mol. The lowest BCUT2D eigenvalue weighted by atomic mass is 10.0. The van der Waals surface area contributed by atoms with Crippen LogP contribution in [0.4, 0.5) is 0 Å².